The van der Waals surface area contributed by atoms with Gasteiger partial charge in [0.15, 0.2) is 0 Å². The maximum atomic E-state index is 15.0. The minimum Gasteiger partial charge on any atom is -0.388 e. The smallest absolute Gasteiger partial charge is 0.256 e. The average Bonchev–Trinajstić information content (AvgIpc) is 3.60. The normalized spacial score (nSPS) is 14.4. The highest BCUT2D eigenvalue weighted by Gasteiger charge is 2.28. The number of ether oxygens (including phenoxy) is 1. The Kier molecular flexibility index (Phi) is 5.66. The van der Waals surface area contributed by atoms with Crippen molar-refractivity contribution in [2.45, 2.75) is 6.42 Å². The van der Waals surface area contributed by atoms with E-state index in [0.717, 1.165) is 56.2 Å². The molecule has 6 rings (SSSR count). The van der Waals surface area contributed by atoms with Gasteiger partial charge in [-0.1, -0.05) is 18.2 Å². The van der Waals surface area contributed by atoms with Crippen molar-refractivity contribution in [3.63, 3.8) is 0 Å². The Labute approximate surface area is 211 Å². The molecule has 3 N–H and O–H groups in total. The van der Waals surface area contributed by atoms with Gasteiger partial charge in [0.25, 0.3) is 5.91 Å². The minimum absolute atomic E-state index is 0.0974. The highest BCUT2D eigenvalue weighted by molar-refractivity contribution is 7.16. The Morgan fingerprint density at radius 2 is 2.00 bits per heavy atom. The maximum absolute atomic E-state index is 15.0. The number of aromatic amines is 1. The number of nitrogens with zero attached hydrogens (tertiary/aromatic N) is 2. The van der Waals surface area contributed by atoms with Crippen LogP contribution in [-0.4, -0.2) is 60.6 Å². The first-order valence-electron chi connectivity index (χ1n) is 11.8. The first-order chi connectivity index (χ1) is 17.6. The van der Waals surface area contributed by atoms with Gasteiger partial charge in [0, 0.05) is 70.5 Å². The third kappa shape index (κ3) is 3.71. The molecule has 1 fully saturated rings. The molecule has 7 nitrogen and oxygen atoms in total. The molecule has 0 bridgehead atoms. The minimum atomic E-state index is -0.504. The fourth-order valence-electron chi connectivity index (χ4n) is 4.90. The van der Waals surface area contributed by atoms with Gasteiger partial charge in [-0.15, -0.1) is 11.3 Å². The van der Waals surface area contributed by atoms with Crippen LogP contribution < -0.4 is 5.32 Å². The van der Waals surface area contributed by atoms with Crippen molar-refractivity contribution in [3.05, 3.63) is 69.8 Å². The number of carbonyl (C=O) groups is 1. The highest BCUT2D eigenvalue weighted by atomic mass is 32.1. The van der Waals surface area contributed by atoms with Crippen molar-refractivity contribution in [2.75, 3.05) is 38.7 Å². The Hall–Kier alpha value is -3.82. The zero-order valence-corrected chi connectivity index (χ0v) is 20.5. The number of morpholine rings is 1. The van der Waals surface area contributed by atoms with Gasteiger partial charge in [0.05, 0.1) is 30.2 Å². The number of hydrogen-bond donors (Lipinski definition) is 3. The molecule has 3 heterocycles. The van der Waals surface area contributed by atoms with E-state index in [2.05, 4.69) is 21.6 Å². The molecule has 36 heavy (non-hydrogen) atoms. The van der Waals surface area contributed by atoms with E-state index < -0.39 is 5.82 Å². The molecule has 1 aliphatic carbocycles. The van der Waals surface area contributed by atoms with Crippen LogP contribution in [0.3, 0.4) is 0 Å². The van der Waals surface area contributed by atoms with Crippen molar-refractivity contribution in [1.82, 2.24) is 15.1 Å². The molecule has 0 saturated carbocycles. The number of aromatic nitrogens is 2. The lowest BCUT2D eigenvalue weighted by molar-refractivity contribution is 0.0300. The Morgan fingerprint density at radius 3 is 2.75 bits per heavy atom. The van der Waals surface area contributed by atoms with Gasteiger partial charge in [-0.25, -0.2) is 4.39 Å². The van der Waals surface area contributed by atoms with Crippen LogP contribution >= 0.6 is 11.3 Å². The summed E-state index contributed by atoms with van der Waals surface area (Å²) in [5.41, 5.74) is 7.67. The van der Waals surface area contributed by atoms with Gasteiger partial charge in [-0.2, -0.15) is 5.10 Å². The number of halogens is 1. The molecule has 182 valence electrons. The van der Waals surface area contributed by atoms with Crippen LogP contribution in [0, 0.1) is 11.2 Å². The molecule has 2 aliphatic rings. The van der Waals surface area contributed by atoms with Gasteiger partial charge in [0.2, 0.25) is 0 Å². The van der Waals surface area contributed by atoms with Crippen LogP contribution in [0.5, 0.6) is 0 Å². The second-order valence-corrected chi connectivity index (χ2v) is 9.98. The van der Waals surface area contributed by atoms with E-state index in [0.29, 0.717) is 26.3 Å². The number of nitrogens with one attached hydrogen (secondary N) is 3. The van der Waals surface area contributed by atoms with Crippen LogP contribution in [0.1, 0.15) is 26.4 Å². The van der Waals surface area contributed by atoms with Gasteiger partial charge < -0.3 is 20.4 Å². The number of thiophene rings is 1. The number of hydrogen-bond acceptors (Lipinski definition) is 6. The predicted molar refractivity (Wildman–Crippen MR) is 140 cm³/mol. The third-order valence-corrected chi connectivity index (χ3v) is 8.00. The van der Waals surface area contributed by atoms with E-state index in [9.17, 15) is 9.18 Å². The maximum Gasteiger partial charge on any atom is 0.256 e. The topological polar surface area (TPSA) is 94.1 Å². The molecule has 1 saturated heterocycles. The van der Waals surface area contributed by atoms with E-state index >= 15 is 0 Å². The highest BCUT2D eigenvalue weighted by Crippen LogP contribution is 2.46. The molecular formula is C27H24FN5O2S. The number of benzene rings is 2. The van der Waals surface area contributed by atoms with Crippen molar-refractivity contribution in [3.8, 4) is 33.0 Å². The Balaban J connectivity index is 1.28. The van der Waals surface area contributed by atoms with Crippen LogP contribution in [0.4, 0.5) is 10.1 Å². The van der Waals surface area contributed by atoms with Gasteiger partial charge in [0.1, 0.15) is 5.82 Å². The number of anilines is 1. The van der Waals surface area contributed by atoms with E-state index in [1.165, 1.54) is 17.2 Å². The second kappa shape index (κ2) is 9.00. The average molecular weight is 502 g/mol. The van der Waals surface area contributed by atoms with Gasteiger partial charge in [-0.05, 0) is 29.8 Å². The lowest BCUT2D eigenvalue weighted by Gasteiger charge is -2.27. The summed E-state index contributed by atoms with van der Waals surface area (Å²) in [6, 6.07) is 12.8. The molecule has 2 aromatic carbocycles. The summed E-state index contributed by atoms with van der Waals surface area (Å²) in [7, 11) is 1.84. The van der Waals surface area contributed by atoms with E-state index in [1.807, 2.05) is 31.3 Å². The summed E-state index contributed by atoms with van der Waals surface area (Å²) in [5, 5.41) is 18.5. The third-order valence-electron chi connectivity index (χ3n) is 6.82. The summed E-state index contributed by atoms with van der Waals surface area (Å²) < 4.78 is 20.3. The molecule has 4 aromatic rings. The van der Waals surface area contributed by atoms with Gasteiger partial charge >= 0.3 is 0 Å². The molecule has 1 amide bonds. The lowest BCUT2D eigenvalue weighted by atomic mass is 10.0. The molecule has 1 aliphatic heterocycles. The van der Waals surface area contributed by atoms with Crippen molar-refractivity contribution >= 4 is 29.1 Å². The molecule has 9 heteroatoms. The zero-order chi connectivity index (χ0) is 24.8. The fourth-order valence-corrected chi connectivity index (χ4v) is 6.07. The number of fused-ring (bicyclic) bond motifs is 3. The quantitative estimate of drug-likeness (QED) is 0.295. The van der Waals surface area contributed by atoms with E-state index in [-0.39, 0.29) is 11.5 Å². The van der Waals surface area contributed by atoms with Crippen LogP contribution in [-0.2, 0) is 11.2 Å². The summed E-state index contributed by atoms with van der Waals surface area (Å²) >= 11 is 1.64. The summed E-state index contributed by atoms with van der Waals surface area (Å²) in [5.74, 6) is -0.795. The lowest BCUT2D eigenvalue weighted by Crippen LogP contribution is -2.41. The van der Waals surface area contributed by atoms with E-state index in [1.54, 1.807) is 22.3 Å². The monoisotopic (exact) mass is 501 g/mol. The summed E-state index contributed by atoms with van der Waals surface area (Å²) in [6.07, 6.45) is 2.08. The molecule has 0 spiro atoms. The number of carbonyl (C=O) groups excluding carboxylic acids is 1. The Morgan fingerprint density at radius 1 is 1.19 bits per heavy atom. The van der Waals surface area contributed by atoms with Crippen LogP contribution in [0.15, 0.2) is 42.5 Å². The van der Waals surface area contributed by atoms with Crippen LogP contribution in [0.25, 0.3) is 33.0 Å². The first kappa shape index (κ1) is 22.6. The molecule has 0 atom stereocenters. The molecular weight excluding hydrogens is 477 g/mol. The second-order valence-electron chi connectivity index (χ2n) is 8.85. The van der Waals surface area contributed by atoms with E-state index in [4.69, 9.17) is 10.1 Å². The summed E-state index contributed by atoms with van der Waals surface area (Å²) in [4.78, 5) is 16.5. The molecule has 2 aromatic heterocycles. The van der Waals surface area contributed by atoms with Crippen molar-refractivity contribution in [1.29, 1.82) is 5.41 Å². The summed E-state index contributed by atoms with van der Waals surface area (Å²) in [6.45, 7) is 1.93. The predicted octanol–water partition coefficient (Wildman–Crippen LogP) is 5.03. The van der Waals surface area contributed by atoms with Crippen molar-refractivity contribution in [2.24, 2.45) is 0 Å². The molecule has 0 radical (unpaired) electrons. The SMILES string of the molecule is CNc1cc(-c2n[nH]c3c2Cc2sc(-c4ccc(C(=O)N5CCOCC5)c(F)c4)cc2-3)ccc1C=N. The number of amides is 1. The zero-order valence-electron chi connectivity index (χ0n) is 19.7. The van der Waals surface area contributed by atoms with Gasteiger partial charge in [-0.3, -0.25) is 9.89 Å². The fraction of sp³-hybridized carbons (Fsp3) is 0.222. The molecule has 0 unspecified atom stereocenters. The standard InChI is InChI=1S/C27H24FN5O2S/c1-30-22-11-16(2-3-17(22)14-29)25-20-13-24-19(26(20)32-31-25)12-23(36-24)15-4-5-18(21(28)10-15)27(34)33-6-8-35-9-7-33/h2-5,10-12,14,29-30H,6-9,13H2,1H3,(H,31,32). The Bertz CT molecular complexity index is 1500. The number of rotatable bonds is 5. The number of H-pyrrole nitrogens is 1. The largest absolute Gasteiger partial charge is 0.388 e. The van der Waals surface area contributed by atoms with Crippen molar-refractivity contribution < 1.29 is 13.9 Å². The van der Waals surface area contributed by atoms with Crippen LogP contribution in [0.2, 0.25) is 0 Å². The first-order valence-corrected chi connectivity index (χ1v) is 12.6.